The number of hydrogen-bond donors (Lipinski definition) is 2. The van der Waals surface area contributed by atoms with Crippen LogP contribution >= 0.6 is 11.3 Å². The summed E-state index contributed by atoms with van der Waals surface area (Å²) < 4.78 is 28.1. The van der Waals surface area contributed by atoms with Crippen LogP contribution in [0.15, 0.2) is 64.3 Å². The van der Waals surface area contributed by atoms with Crippen molar-refractivity contribution in [2.24, 2.45) is 5.14 Å². The SMILES string of the molecule is NS(=O)(=O)c1ccc(CCNC(=O)c2ccc(OCc3cscn3)cc2)cc1. The topological polar surface area (TPSA) is 111 Å². The van der Waals surface area contributed by atoms with Gasteiger partial charge < -0.3 is 10.1 Å². The van der Waals surface area contributed by atoms with Crippen molar-refractivity contribution in [2.75, 3.05) is 6.54 Å². The van der Waals surface area contributed by atoms with Gasteiger partial charge in [0.05, 0.1) is 16.1 Å². The average molecular weight is 418 g/mol. The summed E-state index contributed by atoms with van der Waals surface area (Å²) in [5.41, 5.74) is 4.05. The van der Waals surface area contributed by atoms with Gasteiger partial charge in [0.25, 0.3) is 5.91 Å². The normalized spacial score (nSPS) is 11.2. The van der Waals surface area contributed by atoms with Gasteiger partial charge in [-0.25, -0.2) is 18.5 Å². The zero-order valence-electron chi connectivity index (χ0n) is 14.9. The molecule has 0 aliphatic heterocycles. The molecule has 28 heavy (non-hydrogen) atoms. The van der Waals surface area contributed by atoms with E-state index >= 15 is 0 Å². The van der Waals surface area contributed by atoms with Crippen LogP contribution in [0.5, 0.6) is 5.75 Å². The molecule has 0 fully saturated rings. The van der Waals surface area contributed by atoms with Crippen molar-refractivity contribution in [2.45, 2.75) is 17.9 Å². The van der Waals surface area contributed by atoms with E-state index in [1.807, 2.05) is 5.38 Å². The van der Waals surface area contributed by atoms with Crippen molar-refractivity contribution in [3.63, 3.8) is 0 Å². The summed E-state index contributed by atoms with van der Waals surface area (Å²) in [7, 11) is -3.69. The molecule has 3 aromatic rings. The molecular weight excluding hydrogens is 398 g/mol. The number of carbonyl (C=O) groups is 1. The van der Waals surface area contributed by atoms with Gasteiger partial charge in [-0.3, -0.25) is 4.79 Å². The van der Waals surface area contributed by atoms with Crippen LogP contribution in [0.2, 0.25) is 0 Å². The first-order valence-corrected chi connectivity index (χ1v) is 10.9. The second kappa shape index (κ2) is 8.96. The van der Waals surface area contributed by atoms with Gasteiger partial charge in [-0.15, -0.1) is 11.3 Å². The summed E-state index contributed by atoms with van der Waals surface area (Å²) in [6, 6.07) is 13.2. The lowest BCUT2D eigenvalue weighted by Gasteiger charge is -2.08. The van der Waals surface area contributed by atoms with Crippen LogP contribution in [-0.2, 0) is 23.1 Å². The fraction of sp³-hybridized carbons (Fsp3) is 0.158. The second-order valence-corrected chi connectivity index (χ2v) is 8.27. The van der Waals surface area contributed by atoms with Gasteiger partial charge >= 0.3 is 0 Å². The van der Waals surface area contributed by atoms with Gasteiger partial charge in [0.1, 0.15) is 12.4 Å². The van der Waals surface area contributed by atoms with Crippen LogP contribution in [0.1, 0.15) is 21.6 Å². The van der Waals surface area contributed by atoms with Crippen molar-refractivity contribution in [3.8, 4) is 5.75 Å². The minimum Gasteiger partial charge on any atom is -0.487 e. The number of aromatic nitrogens is 1. The molecule has 146 valence electrons. The number of thiazole rings is 1. The number of sulfonamides is 1. The van der Waals surface area contributed by atoms with Crippen LogP contribution in [0.4, 0.5) is 0 Å². The Morgan fingerprint density at radius 3 is 2.43 bits per heavy atom. The number of primary sulfonamides is 1. The quantitative estimate of drug-likeness (QED) is 0.584. The van der Waals surface area contributed by atoms with Crippen molar-refractivity contribution in [1.82, 2.24) is 10.3 Å². The molecule has 0 aliphatic rings. The van der Waals surface area contributed by atoms with E-state index < -0.39 is 10.0 Å². The Morgan fingerprint density at radius 1 is 1.11 bits per heavy atom. The third kappa shape index (κ3) is 5.62. The average Bonchev–Trinajstić information content (AvgIpc) is 3.20. The maximum atomic E-state index is 12.2. The van der Waals surface area contributed by atoms with E-state index in [2.05, 4.69) is 10.3 Å². The minimum absolute atomic E-state index is 0.0670. The maximum absolute atomic E-state index is 12.2. The molecule has 0 aliphatic carbocycles. The number of nitrogens with one attached hydrogen (secondary N) is 1. The number of nitrogens with two attached hydrogens (primary N) is 1. The molecule has 3 N–H and O–H groups in total. The van der Waals surface area contributed by atoms with E-state index in [-0.39, 0.29) is 10.8 Å². The highest BCUT2D eigenvalue weighted by molar-refractivity contribution is 7.89. The molecule has 2 aromatic carbocycles. The van der Waals surface area contributed by atoms with E-state index in [4.69, 9.17) is 9.88 Å². The molecule has 7 nitrogen and oxygen atoms in total. The number of ether oxygens (including phenoxy) is 1. The molecular formula is C19H19N3O4S2. The van der Waals surface area contributed by atoms with E-state index in [0.717, 1.165) is 11.3 Å². The maximum Gasteiger partial charge on any atom is 0.251 e. The highest BCUT2D eigenvalue weighted by Crippen LogP contribution is 2.14. The Morgan fingerprint density at radius 2 is 1.82 bits per heavy atom. The lowest BCUT2D eigenvalue weighted by Crippen LogP contribution is -2.25. The van der Waals surface area contributed by atoms with Gasteiger partial charge in [0.2, 0.25) is 10.0 Å². The molecule has 0 saturated carbocycles. The second-order valence-electron chi connectivity index (χ2n) is 5.99. The summed E-state index contributed by atoms with van der Waals surface area (Å²) in [6.45, 7) is 0.814. The van der Waals surface area contributed by atoms with E-state index in [9.17, 15) is 13.2 Å². The Balaban J connectivity index is 1.46. The predicted molar refractivity (Wildman–Crippen MR) is 107 cm³/mol. The van der Waals surface area contributed by atoms with Crippen LogP contribution in [0.3, 0.4) is 0 Å². The summed E-state index contributed by atoms with van der Waals surface area (Å²) in [6.07, 6.45) is 0.575. The van der Waals surface area contributed by atoms with E-state index in [1.165, 1.54) is 23.5 Å². The molecule has 0 unspecified atom stereocenters. The zero-order chi connectivity index (χ0) is 20.0. The van der Waals surface area contributed by atoms with Gasteiger partial charge in [0.15, 0.2) is 0 Å². The van der Waals surface area contributed by atoms with E-state index in [1.54, 1.807) is 41.9 Å². The molecule has 0 radical (unpaired) electrons. The highest BCUT2D eigenvalue weighted by Gasteiger charge is 2.08. The number of rotatable bonds is 8. The molecule has 0 atom stereocenters. The lowest BCUT2D eigenvalue weighted by atomic mass is 10.1. The molecule has 9 heteroatoms. The number of benzene rings is 2. The smallest absolute Gasteiger partial charge is 0.251 e. The van der Waals surface area contributed by atoms with Gasteiger partial charge in [0, 0.05) is 17.5 Å². The number of amides is 1. The van der Waals surface area contributed by atoms with Gasteiger partial charge in [-0.1, -0.05) is 12.1 Å². The fourth-order valence-corrected chi connectivity index (χ4v) is 3.50. The van der Waals surface area contributed by atoms with E-state index in [0.29, 0.717) is 30.9 Å². The first kappa shape index (κ1) is 20.0. The van der Waals surface area contributed by atoms with Crippen LogP contribution in [0, 0.1) is 0 Å². The van der Waals surface area contributed by atoms with Crippen LogP contribution < -0.4 is 15.2 Å². The summed E-state index contributed by atoms with van der Waals surface area (Å²) in [5.74, 6) is 0.478. The number of nitrogens with zero attached hydrogens (tertiary/aromatic N) is 1. The largest absolute Gasteiger partial charge is 0.487 e. The number of carbonyl (C=O) groups excluding carboxylic acids is 1. The van der Waals surface area contributed by atoms with Crippen LogP contribution in [-0.4, -0.2) is 25.9 Å². The monoisotopic (exact) mass is 417 g/mol. The molecule has 1 amide bonds. The molecule has 0 saturated heterocycles. The van der Waals surface area contributed by atoms with Crippen molar-refractivity contribution >= 4 is 27.3 Å². The van der Waals surface area contributed by atoms with Crippen molar-refractivity contribution in [1.29, 1.82) is 0 Å². The first-order chi connectivity index (χ1) is 13.4. The molecule has 1 heterocycles. The molecule has 3 rings (SSSR count). The minimum atomic E-state index is -3.69. The Hall–Kier alpha value is -2.75. The summed E-state index contributed by atoms with van der Waals surface area (Å²) >= 11 is 1.51. The highest BCUT2D eigenvalue weighted by atomic mass is 32.2. The Bertz CT molecular complexity index is 1020. The van der Waals surface area contributed by atoms with Gasteiger partial charge in [-0.2, -0.15) is 0 Å². The third-order valence-electron chi connectivity index (χ3n) is 3.94. The standard InChI is InChI=1S/C19H19N3O4S2/c20-28(24,25)18-7-1-14(2-8-18)9-10-21-19(23)15-3-5-17(6-4-15)26-11-16-12-27-13-22-16/h1-8,12-13H,9-11H2,(H,21,23)(H2,20,24,25). The summed E-state index contributed by atoms with van der Waals surface area (Å²) in [4.78, 5) is 16.4. The zero-order valence-corrected chi connectivity index (χ0v) is 16.5. The fourth-order valence-electron chi connectivity index (χ4n) is 2.44. The molecule has 0 spiro atoms. The molecule has 1 aromatic heterocycles. The predicted octanol–water partition coefficient (Wildman–Crippen LogP) is 2.34. The lowest BCUT2D eigenvalue weighted by molar-refractivity contribution is 0.0954. The van der Waals surface area contributed by atoms with Gasteiger partial charge in [-0.05, 0) is 48.4 Å². The molecule has 0 bridgehead atoms. The Kier molecular flexibility index (Phi) is 6.40. The number of hydrogen-bond acceptors (Lipinski definition) is 6. The summed E-state index contributed by atoms with van der Waals surface area (Å²) in [5, 5.41) is 9.82. The van der Waals surface area contributed by atoms with Crippen LogP contribution in [0.25, 0.3) is 0 Å². The first-order valence-electron chi connectivity index (χ1n) is 8.42. The van der Waals surface area contributed by atoms with Crippen molar-refractivity contribution < 1.29 is 17.9 Å². The Labute approximate surface area is 167 Å². The van der Waals surface area contributed by atoms with Crippen molar-refractivity contribution in [3.05, 3.63) is 76.2 Å². The third-order valence-corrected chi connectivity index (χ3v) is 5.50.